The third-order valence-corrected chi connectivity index (χ3v) is 3.19. The maximum Gasteiger partial charge on any atom is 0.222 e. The van der Waals surface area contributed by atoms with Gasteiger partial charge in [0.1, 0.15) is 0 Å². The summed E-state index contributed by atoms with van der Waals surface area (Å²) in [5.74, 6) is 0.206. The maximum absolute atomic E-state index is 11.4. The van der Waals surface area contributed by atoms with Gasteiger partial charge in [0.05, 0.1) is 5.60 Å². The zero-order valence-electron chi connectivity index (χ0n) is 8.46. The standard InChI is InChI=1S/C10H18N2O2/c13-9-2-1-7-12(9)8-10(14)3-5-11-6-4-10/h11,14H,1-8H2. The number of amides is 1. The van der Waals surface area contributed by atoms with Crippen LogP contribution in [0.5, 0.6) is 0 Å². The van der Waals surface area contributed by atoms with Crippen molar-refractivity contribution in [1.82, 2.24) is 10.2 Å². The Kier molecular flexibility index (Phi) is 2.74. The second-order valence-electron chi connectivity index (χ2n) is 4.39. The van der Waals surface area contributed by atoms with Gasteiger partial charge in [0.15, 0.2) is 0 Å². The lowest BCUT2D eigenvalue weighted by Gasteiger charge is -2.35. The average molecular weight is 198 g/mol. The van der Waals surface area contributed by atoms with Crippen molar-refractivity contribution in [2.24, 2.45) is 0 Å². The zero-order chi connectivity index (χ0) is 10.0. The Balaban J connectivity index is 1.91. The molecule has 80 valence electrons. The van der Waals surface area contributed by atoms with Crippen LogP contribution in [0.25, 0.3) is 0 Å². The molecule has 0 bridgehead atoms. The van der Waals surface area contributed by atoms with Crippen LogP contribution in [0, 0.1) is 0 Å². The third kappa shape index (κ3) is 2.07. The van der Waals surface area contributed by atoms with E-state index < -0.39 is 5.60 Å². The van der Waals surface area contributed by atoms with Gasteiger partial charge in [0.2, 0.25) is 5.91 Å². The van der Waals surface area contributed by atoms with Gasteiger partial charge in [-0.1, -0.05) is 0 Å². The SMILES string of the molecule is O=C1CCCN1CC1(O)CCNCC1. The Labute approximate surface area is 84.3 Å². The van der Waals surface area contributed by atoms with Gasteiger partial charge in [0.25, 0.3) is 0 Å². The monoisotopic (exact) mass is 198 g/mol. The Morgan fingerprint density at radius 1 is 1.43 bits per heavy atom. The zero-order valence-corrected chi connectivity index (χ0v) is 8.46. The molecule has 0 spiro atoms. The van der Waals surface area contributed by atoms with E-state index in [1.807, 2.05) is 4.90 Å². The second-order valence-corrected chi connectivity index (χ2v) is 4.39. The molecule has 2 N–H and O–H groups in total. The van der Waals surface area contributed by atoms with Crippen LogP contribution in [0.4, 0.5) is 0 Å². The molecule has 0 aromatic heterocycles. The van der Waals surface area contributed by atoms with Gasteiger partial charge in [-0.25, -0.2) is 0 Å². The van der Waals surface area contributed by atoms with Gasteiger partial charge in [-0.05, 0) is 32.4 Å². The summed E-state index contributed by atoms with van der Waals surface area (Å²) in [6, 6.07) is 0. The molecule has 2 rings (SSSR count). The fourth-order valence-electron chi connectivity index (χ4n) is 2.28. The molecule has 2 heterocycles. The second kappa shape index (κ2) is 3.87. The number of piperidine rings is 1. The van der Waals surface area contributed by atoms with Crippen molar-refractivity contribution in [3.8, 4) is 0 Å². The highest BCUT2D eigenvalue weighted by Crippen LogP contribution is 2.22. The van der Waals surface area contributed by atoms with Crippen molar-refractivity contribution in [2.75, 3.05) is 26.2 Å². The number of carbonyl (C=O) groups excluding carboxylic acids is 1. The van der Waals surface area contributed by atoms with E-state index >= 15 is 0 Å². The maximum atomic E-state index is 11.4. The lowest BCUT2D eigenvalue weighted by atomic mass is 9.92. The highest BCUT2D eigenvalue weighted by atomic mass is 16.3. The van der Waals surface area contributed by atoms with Gasteiger partial charge in [-0.15, -0.1) is 0 Å². The molecule has 0 unspecified atom stereocenters. The summed E-state index contributed by atoms with van der Waals surface area (Å²) in [4.78, 5) is 13.2. The minimum absolute atomic E-state index is 0.206. The number of carbonyl (C=O) groups is 1. The van der Waals surface area contributed by atoms with Crippen LogP contribution in [0.3, 0.4) is 0 Å². The minimum Gasteiger partial charge on any atom is -0.388 e. The number of hydrogen-bond donors (Lipinski definition) is 2. The van der Waals surface area contributed by atoms with Crippen LogP contribution in [-0.4, -0.2) is 47.7 Å². The lowest BCUT2D eigenvalue weighted by molar-refractivity contribution is -0.131. The van der Waals surface area contributed by atoms with Crippen molar-refractivity contribution >= 4 is 5.91 Å². The van der Waals surface area contributed by atoms with Gasteiger partial charge < -0.3 is 15.3 Å². The van der Waals surface area contributed by atoms with Crippen LogP contribution < -0.4 is 5.32 Å². The Bertz CT molecular complexity index is 224. The molecule has 2 aliphatic rings. The highest BCUT2D eigenvalue weighted by molar-refractivity contribution is 5.78. The summed E-state index contributed by atoms with van der Waals surface area (Å²) in [5, 5.41) is 13.4. The summed E-state index contributed by atoms with van der Waals surface area (Å²) in [5.41, 5.74) is -0.634. The number of rotatable bonds is 2. The molecular weight excluding hydrogens is 180 g/mol. The molecule has 0 saturated carbocycles. The molecule has 0 radical (unpaired) electrons. The van der Waals surface area contributed by atoms with Crippen molar-refractivity contribution in [2.45, 2.75) is 31.3 Å². The van der Waals surface area contributed by atoms with E-state index in [4.69, 9.17) is 0 Å². The van der Waals surface area contributed by atoms with Crippen LogP contribution >= 0.6 is 0 Å². The van der Waals surface area contributed by atoms with E-state index in [0.29, 0.717) is 13.0 Å². The lowest BCUT2D eigenvalue weighted by Crippen LogP contribution is -2.50. The predicted molar refractivity (Wildman–Crippen MR) is 52.9 cm³/mol. The van der Waals surface area contributed by atoms with Crippen molar-refractivity contribution in [3.63, 3.8) is 0 Å². The molecule has 2 fully saturated rings. The summed E-state index contributed by atoms with van der Waals surface area (Å²) >= 11 is 0. The van der Waals surface area contributed by atoms with E-state index in [2.05, 4.69) is 5.32 Å². The molecule has 1 amide bonds. The van der Waals surface area contributed by atoms with Crippen LogP contribution in [0.15, 0.2) is 0 Å². The molecule has 0 atom stereocenters. The fourth-order valence-corrected chi connectivity index (χ4v) is 2.28. The normalized spacial score (nSPS) is 26.9. The van der Waals surface area contributed by atoms with Crippen molar-refractivity contribution < 1.29 is 9.90 Å². The van der Waals surface area contributed by atoms with Gasteiger partial charge in [-0.2, -0.15) is 0 Å². The first kappa shape index (κ1) is 9.93. The Morgan fingerprint density at radius 3 is 2.71 bits per heavy atom. The first-order valence-corrected chi connectivity index (χ1v) is 5.41. The summed E-state index contributed by atoms with van der Waals surface area (Å²) < 4.78 is 0. The number of likely N-dealkylation sites (tertiary alicyclic amines) is 1. The first-order valence-electron chi connectivity index (χ1n) is 5.41. The Hall–Kier alpha value is -0.610. The molecule has 0 aromatic carbocycles. The quantitative estimate of drug-likeness (QED) is 0.642. The van der Waals surface area contributed by atoms with Crippen LogP contribution in [0.2, 0.25) is 0 Å². The minimum atomic E-state index is -0.634. The van der Waals surface area contributed by atoms with E-state index in [-0.39, 0.29) is 5.91 Å². The van der Waals surface area contributed by atoms with Gasteiger partial charge in [-0.3, -0.25) is 4.79 Å². The third-order valence-electron chi connectivity index (χ3n) is 3.19. The van der Waals surface area contributed by atoms with E-state index in [1.165, 1.54) is 0 Å². The van der Waals surface area contributed by atoms with Crippen molar-refractivity contribution in [1.29, 1.82) is 0 Å². The molecule has 4 heteroatoms. The Morgan fingerprint density at radius 2 is 2.14 bits per heavy atom. The topological polar surface area (TPSA) is 52.6 Å². The fraction of sp³-hybridized carbons (Fsp3) is 0.900. The predicted octanol–water partition coefficient (Wildman–Crippen LogP) is -0.277. The van der Waals surface area contributed by atoms with E-state index in [0.717, 1.165) is 38.9 Å². The first-order chi connectivity index (χ1) is 6.70. The van der Waals surface area contributed by atoms with E-state index in [1.54, 1.807) is 0 Å². The number of nitrogens with one attached hydrogen (secondary N) is 1. The highest BCUT2D eigenvalue weighted by Gasteiger charge is 2.34. The van der Waals surface area contributed by atoms with Crippen molar-refractivity contribution in [3.05, 3.63) is 0 Å². The molecule has 2 saturated heterocycles. The summed E-state index contributed by atoms with van der Waals surface area (Å²) in [6.07, 6.45) is 3.13. The number of nitrogens with zero attached hydrogens (tertiary/aromatic N) is 1. The number of aliphatic hydroxyl groups is 1. The number of β-amino-alcohol motifs (C(OH)–C–C–N with tert-alkyl or cyclic N) is 1. The number of hydrogen-bond acceptors (Lipinski definition) is 3. The smallest absolute Gasteiger partial charge is 0.222 e. The average Bonchev–Trinajstić information content (AvgIpc) is 2.52. The van der Waals surface area contributed by atoms with Gasteiger partial charge in [0, 0.05) is 19.5 Å². The molecule has 14 heavy (non-hydrogen) atoms. The van der Waals surface area contributed by atoms with E-state index in [9.17, 15) is 9.90 Å². The summed E-state index contributed by atoms with van der Waals surface area (Å²) in [6.45, 7) is 3.08. The molecular formula is C10H18N2O2. The largest absolute Gasteiger partial charge is 0.388 e. The van der Waals surface area contributed by atoms with Crippen LogP contribution in [0.1, 0.15) is 25.7 Å². The molecule has 2 aliphatic heterocycles. The van der Waals surface area contributed by atoms with Crippen LogP contribution in [-0.2, 0) is 4.79 Å². The molecule has 0 aromatic rings. The molecule has 0 aliphatic carbocycles. The molecule has 4 nitrogen and oxygen atoms in total. The summed E-state index contributed by atoms with van der Waals surface area (Å²) in [7, 11) is 0. The van der Waals surface area contributed by atoms with Gasteiger partial charge >= 0.3 is 0 Å².